The average Bonchev–Trinajstić information content (AvgIpc) is 2.79. The molecule has 1 unspecified atom stereocenters. The van der Waals surface area contributed by atoms with Crippen LogP contribution in [0.15, 0.2) is 24.3 Å². The Morgan fingerprint density at radius 3 is 2.84 bits per heavy atom. The highest BCUT2D eigenvalue weighted by atomic mass is 16.5. The number of urea groups is 1. The van der Waals surface area contributed by atoms with Crippen LogP contribution in [0.4, 0.5) is 10.5 Å². The zero-order valence-electron chi connectivity index (χ0n) is 15.1. The van der Waals surface area contributed by atoms with E-state index in [0.29, 0.717) is 11.4 Å². The van der Waals surface area contributed by atoms with Gasteiger partial charge in [0.1, 0.15) is 12.4 Å². The molecule has 0 aliphatic carbocycles. The van der Waals surface area contributed by atoms with Crippen molar-refractivity contribution in [2.24, 2.45) is 7.05 Å². The third-order valence-electron chi connectivity index (χ3n) is 3.96. The first-order valence-electron chi connectivity index (χ1n) is 8.13. The van der Waals surface area contributed by atoms with Crippen LogP contribution in [0.5, 0.6) is 5.75 Å². The Balaban J connectivity index is 1.92. The van der Waals surface area contributed by atoms with Crippen LogP contribution in [-0.2, 0) is 13.5 Å². The van der Waals surface area contributed by atoms with Crippen molar-refractivity contribution in [1.29, 1.82) is 0 Å². The molecule has 0 saturated heterocycles. The topological polar surface area (TPSA) is 68.2 Å². The van der Waals surface area contributed by atoms with Gasteiger partial charge in [-0.05, 0) is 44.9 Å². The van der Waals surface area contributed by atoms with Crippen LogP contribution in [0.3, 0.4) is 0 Å². The second-order valence-electron chi connectivity index (χ2n) is 6.00. The molecule has 0 spiro atoms. The van der Waals surface area contributed by atoms with Gasteiger partial charge < -0.3 is 15.4 Å². The number of aromatic nitrogens is 2. The largest absolute Gasteiger partial charge is 0.481 e. The molecule has 25 heavy (non-hydrogen) atoms. The predicted octanol–water partition coefficient (Wildman–Crippen LogP) is 2.80. The molecule has 1 aromatic heterocycles. The van der Waals surface area contributed by atoms with E-state index in [9.17, 15) is 4.79 Å². The van der Waals surface area contributed by atoms with E-state index in [1.807, 2.05) is 32.5 Å². The lowest BCUT2D eigenvalue weighted by Crippen LogP contribution is -2.37. The van der Waals surface area contributed by atoms with Gasteiger partial charge in [0.2, 0.25) is 0 Å². The van der Waals surface area contributed by atoms with Crippen LogP contribution < -0.4 is 15.4 Å². The molecular weight excluding hydrogens is 316 g/mol. The Morgan fingerprint density at radius 1 is 1.44 bits per heavy atom. The molecule has 0 radical (unpaired) electrons. The summed E-state index contributed by atoms with van der Waals surface area (Å²) < 4.78 is 7.21. The summed E-state index contributed by atoms with van der Waals surface area (Å²) >= 11 is 0. The van der Waals surface area contributed by atoms with Gasteiger partial charge in [0, 0.05) is 30.5 Å². The fourth-order valence-electron chi connectivity index (χ4n) is 2.65. The van der Waals surface area contributed by atoms with Gasteiger partial charge in [-0.25, -0.2) is 4.79 Å². The van der Waals surface area contributed by atoms with Crippen molar-refractivity contribution in [3.8, 4) is 18.1 Å². The van der Waals surface area contributed by atoms with Crippen LogP contribution in [0.25, 0.3) is 0 Å². The van der Waals surface area contributed by atoms with E-state index in [0.717, 1.165) is 17.8 Å². The number of carbonyl (C=O) groups excluding carboxylic acids is 1. The van der Waals surface area contributed by atoms with Crippen molar-refractivity contribution < 1.29 is 9.53 Å². The standard InChI is InChI=1S/C19H24N4O2/c1-6-10-25-17-9-7-8-16(12-17)21-19(24)20-13(2)11-18-14(3)22-23(5)15(18)4/h1,7-9,12-13H,10-11H2,2-5H3,(H2,20,21,24). The predicted molar refractivity (Wildman–Crippen MR) is 98.8 cm³/mol. The molecule has 6 heteroatoms. The van der Waals surface area contributed by atoms with Gasteiger partial charge >= 0.3 is 6.03 Å². The molecule has 0 fully saturated rings. The fourth-order valence-corrected chi connectivity index (χ4v) is 2.65. The molecule has 0 saturated carbocycles. The smallest absolute Gasteiger partial charge is 0.319 e. The number of rotatable bonds is 6. The quantitative estimate of drug-likeness (QED) is 0.795. The van der Waals surface area contributed by atoms with Gasteiger partial charge in [-0.1, -0.05) is 12.0 Å². The number of benzene rings is 1. The summed E-state index contributed by atoms with van der Waals surface area (Å²) in [4.78, 5) is 12.2. The molecule has 132 valence electrons. The number of anilines is 1. The number of amides is 2. The Kier molecular flexibility index (Phi) is 6.07. The van der Waals surface area contributed by atoms with Crippen LogP contribution in [0, 0.1) is 26.2 Å². The lowest BCUT2D eigenvalue weighted by molar-refractivity contribution is 0.249. The maximum atomic E-state index is 12.2. The monoisotopic (exact) mass is 340 g/mol. The molecule has 2 amide bonds. The fraction of sp³-hybridized carbons (Fsp3) is 0.368. The summed E-state index contributed by atoms with van der Waals surface area (Å²) in [5.41, 5.74) is 3.92. The van der Waals surface area contributed by atoms with E-state index in [1.54, 1.807) is 24.3 Å². The zero-order valence-corrected chi connectivity index (χ0v) is 15.1. The molecule has 1 aromatic carbocycles. The highest BCUT2D eigenvalue weighted by Gasteiger charge is 2.14. The average molecular weight is 340 g/mol. The van der Waals surface area contributed by atoms with Crippen LogP contribution in [0.2, 0.25) is 0 Å². The molecule has 6 nitrogen and oxygen atoms in total. The van der Waals surface area contributed by atoms with E-state index >= 15 is 0 Å². The number of nitrogens with zero attached hydrogens (tertiary/aromatic N) is 2. The highest BCUT2D eigenvalue weighted by molar-refractivity contribution is 5.89. The van der Waals surface area contributed by atoms with Crippen molar-refractivity contribution in [1.82, 2.24) is 15.1 Å². The molecular formula is C19H24N4O2. The summed E-state index contributed by atoms with van der Waals surface area (Å²) in [7, 11) is 1.92. The number of hydrogen-bond acceptors (Lipinski definition) is 3. The molecule has 2 rings (SSSR count). The summed E-state index contributed by atoms with van der Waals surface area (Å²) in [6, 6.07) is 6.83. The number of terminal acetylenes is 1. The third-order valence-corrected chi connectivity index (χ3v) is 3.96. The molecule has 1 heterocycles. The third kappa shape index (κ3) is 5.01. The maximum absolute atomic E-state index is 12.2. The van der Waals surface area contributed by atoms with Gasteiger partial charge in [-0.2, -0.15) is 5.10 Å². The van der Waals surface area contributed by atoms with Crippen LogP contribution >= 0.6 is 0 Å². The van der Waals surface area contributed by atoms with Crippen molar-refractivity contribution in [3.63, 3.8) is 0 Å². The SMILES string of the molecule is C#CCOc1cccc(NC(=O)NC(C)Cc2c(C)nn(C)c2C)c1. The molecule has 0 aliphatic rings. The Morgan fingerprint density at radius 2 is 2.20 bits per heavy atom. The van der Waals surface area contributed by atoms with E-state index in [2.05, 4.69) is 21.7 Å². The summed E-state index contributed by atoms with van der Waals surface area (Å²) in [6.07, 6.45) is 5.90. The summed E-state index contributed by atoms with van der Waals surface area (Å²) in [5.74, 6) is 3.02. The molecule has 0 bridgehead atoms. The highest BCUT2D eigenvalue weighted by Crippen LogP contribution is 2.17. The van der Waals surface area contributed by atoms with Gasteiger partial charge in [0.25, 0.3) is 0 Å². The number of aryl methyl sites for hydroxylation is 2. The van der Waals surface area contributed by atoms with E-state index in [4.69, 9.17) is 11.2 Å². The minimum Gasteiger partial charge on any atom is -0.481 e. The van der Waals surface area contributed by atoms with Crippen LogP contribution in [-0.4, -0.2) is 28.5 Å². The number of hydrogen-bond donors (Lipinski definition) is 2. The number of carbonyl (C=O) groups is 1. The molecule has 1 atom stereocenters. The number of nitrogens with one attached hydrogen (secondary N) is 2. The van der Waals surface area contributed by atoms with Crippen molar-refractivity contribution >= 4 is 11.7 Å². The summed E-state index contributed by atoms with van der Waals surface area (Å²) in [6.45, 7) is 6.18. The van der Waals surface area contributed by atoms with Gasteiger partial charge in [-0.3, -0.25) is 4.68 Å². The minimum atomic E-state index is -0.263. The molecule has 0 aliphatic heterocycles. The lowest BCUT2D eigenvalue weighted by Gasteiger charge is -2.15. The lowest BCUT2D eigenvalue weighted by atomic mass is 10.1. The van der Waals surface area contributed by atoms with Crippen LogP contribution in [0.1, 0.15) is 23.9 Å². The van der Waals surface area contributed by atoms with Gasteiger partial charge in [0.05, 0.1) is 5.69 Å². The molecule has 2 aromatic rings. The zero-order chi connectivity index (χ0) is 18.4. The first-order chi connectivity index (χ1) is 11.9. The molecule has 2 N–H and O–H groups in total. The van der Waals surface area contributed by atoms with Crippen molar-refractivity contribution in [2.75, 3.05) is 11.9 Å². The van der Waals surface area contributed by atoms with Crippen molar-refractivity contribution in [2.45, 2.75) is 33.2 Å². The number of ether oxygens (including phenoxy) is 1. The summed E-state index contributed by atoms with van der Waals surface area (Å²) in [5, 5.41) is 10.2. The van der Waals surface area contributed by atoms with Gasteiger partial charge in [-0.15, -0.1) is 6.42 Å². The Labute approximate surface area is 148 Å². The van der Waals surface area contributed by atoms with E-state index < -0.39 is 0 Å². The first-order valence-corrected chi connectivity index (χ1v) is 8.13. The van der Waals surface area contributed by atoms with E-state index in [1.165, 1.54) is 5.56 Å². The first kappa shape index (κ1) is 18.4. The van der Waals surface area contributed by atoms with Crippen molar-refractivity contribution in [3.05, 3.63) is 41.2 Å². The Bertz CT molecular complexity index is 789. The normalized spacial score (nSPS) is 11.5. The van der Waals surface area contributed by atoms with Gasteiger partial charge in [0.15, 0.2) is 0 Å². The second-order valence-corrected chi connectivity index (χ2v) is 6.00. The Hall–Kier alpha value is -2.94. The second kappa shape index (κ2) is 8.25. The maximum Gasteiger partial charge on any atom is 0.319 e. The van der Waals surface area contributed by atoms with E-state index in [-0.39, 0.29) is 18.7 Å². The minimum absolute atomic E-state index is 0.0255.